The van der Waals surface area contributed by atoms with E-state index in [1.165, 1.54) is 37.8 Å². The average molecular weight is 244 g/mol. The second-order valence-electron chi connectivity index (χ2n) is 5.82. The molecule has 0 amide bonds. The van der Waals surface area contributed by atoms with E-state index in [2.05, 4.69) is 48.5 Å². The Hall–Kier alpha value is -0.860. The highest BCUT2D eigenvalue weighted by Crippen LogP contribution is 2.36. The van der Waals surface area contributed by atoms with Crippen LogP contribution in [0.1, 0.15) is 43.4 Å². The molecule has 1 aliphatic carbocycles. The molecule has 1 saturated heterocycles. The Morgan fingerprint density at radius 3 is 2.83 bits per heavy atom. The molecule has 1 N–H and O–H groups in total. The van der Waals surface area contributed by atoms with Gasteiger partial charge in [-0.2, -0.15) is 0 Å². The van der Waals surface area contributed by atoms with Crippen LogP contribution < -0.4 is 5.32 Å². The minimum absolute atomic E-state index is 0.516. The summed E-state index contributed by atoms with van der Waals surface area (Å²) in [6, 6.07) is 10.9. The van der Waals surface area contributed by atoms with Crippen LogP contribution in [-0.4, -0.2) is 30.6 Å². The van der Waals surface area contributed by atoms with Crippen molar-refractivity contribution in [3.05, 3.63) is 35.4 Å². The Kier molecular flexibility index (Phi) is 3.40. The van der Waals surface area contributed by atoms with Gasteiger partial charge in [0.2, 0.25) is 0 Å². The first-order valence-electron chi connectivity index (χ1n) is 7.32. The van der Waals surface area contributed by atoms with Crippen molar-refractivity contribution in [1.82, 2.24) is 10.2 Å². The zero-order chi connectivity index (χ0) is 12.5. The molecular weight excluding hydrogens is 220 g/mol. The van der Waals surface area contributed by atoms with E-state index in [1.54, 1.807) is 5.56 Å². The quantitative estimate of drug-likeness (QED) is 0.860. The van der Waals surface area contributed by atoms with Gasteiger partial charge in [-0.1, -0.05) is 30.7 Å². The van der Waals surface area contributed by atoms with Gasteiger partial charge in [0.15, 0.2) is 0 Å². The van der Waals surface area contributed by atoms with Gasteiger partial charge in [0.05, 0.1) is 0 Å². The van der Waals surface area contributed by atoms with Crippen molar-refractivity contribution in [2.75, 3.05) is 13.6 Å². The van der Waals surface area contributed by atoms with E-state index in [0.29, 0.717) is 12.1 Å². The first kappa shape index (κ1) is 12.2. The fourth-order valence-electron chi connectivity index (χ4n) is 3.84. The number of nitrogens with one attached hydrogen (secondary N) is 1. The summed E-state index contributed by atoms with van der Waals surface area (Å²) in [6.07, 6.45) is 5.35. The van der Waals surface area contributed by atoms with Crippen LogP contribution in [0, 0.1) is 0 Å². The van der Waals surface area contributed by atoms with Crippen LogP contribution in [0.25, 0.3) is 0 Å². The maximum atomic E-state index is 3.55. The molecule has 3 unspecified atom stereocenters. The molecule has 0 bridgehead atoms. The van der Waals surface area contributed by atoms with E-state index >= 15 is 0 Å². The Labute approximate surface area is 110 Å². The molecule has 3 rings (SSSR count). The van der Waals surface area contributed by atoms with Gasteiger partial charge in [0.25, 0.3) is 0 Å². The third-order valence-corrected chi connectivity index (χ3v) is 4.80. The number of piperidine rings is 1. The molecule has 0 saturated carbocycles. The van der Waals surface area contributed by atoms with Gasteiger partial charge in [-0.25, -0.2) is 0 Å². The Morgan fingerprint density at radius 2 is 2.06 bits per heavy atom. The first-order chi connectivity index (χ1) is 8.81. The van der Waals surface area contributed by atoms with E-state index in [4.69, 9.17) is 0 Å². The highest BCUT2D eigenvalue weighted by Gasteiger charge is 2.37. The van der Waals surface area contributed by atoms with Gasteiger partial charge in [0, 0.05) is 18.1 Å². The molecule has 18 heavy (non-hydrogen) atoms. The highest BCUT2D eigenvalue weighted by atomic mass is 15.2. The molecule has 0 spiro atoms. The van der Waals surface area contributed by atoms with E-state index in [-0.39, 0.29) is 0 Å². The predicted molar refractivity (Wildman–Crippen MR) is 75.8 cm³/mol. The third kappa shape index (κ3) is 1.98. The van der Waals surface area contributed by atoms with Crippen molar-refractivity contribution in [3.8, 4) is 0 Å². The Bertz CT molecular complexity index is 415. The van der Waals surface area contributed by atoms with E-state index in [1.807, 2.05) is 0 Å². The lowest BCUT2D eigenvalue weighted by atomic mass is 9.98. The van der Waals surface area contributed by atoms with Crippen LogP contribution in [0.5, 0.6) is 0 Å². The standard InChI is InChI=1S/C16H24N2/c1-12-7-5-6-10-18(12)15-11-13-8-3-4-9-14(13)16(15)17-2/h3-4,8-9,12,15-17H,5-7,10-11H2,1-2H3. The number of benzene rings is 1. The molecule has 1 fully saturated rings. The summed E-state index contributed by atoms with van der Waals surface area (Å²) in [7, 11) is 2.11. The molecule has 0 aromatic heterocycles. The summed E-state index contributed by atoms with van der Waals surface area (Å²) in [5.41, 5.74) is 3.06. The van der Waals surface area contributed by atoms with Crippen LogP contribution in [0.4, 0.5) is 0 Å². The molecule has 1 aliphatic heterocycles. The minimum atomic E-state index is 0.516. The van der Waals surface area contributed by atoms with E-state index < -0.39 is 0 Å². The molecule has 2 nitrogen and oxygen atoms in total. The molecule has 98 valence electrons. The Balaban J connectivity index is 1.86. The smallest absolute Gasteiger partial charge is 0.0481 e. The number of hydrogen-bond acceptors (Lipinski definition) is 2. The summed E-state index contributed by atoms with van der Waals surface area (Å²) < 4.78 is 0. The molecule has 1 aromatic rings. The molecule has 2 aliphatic rings. The van der Waals surface area contributed by atoms with Crippen molar-refractivity contribution < 1.29 is 0 Å². The molecule has 1 heterocycles. The lowest BCUT2D eigenvalue weighted by Gasteiger charge is -2.40. The van der Waals surface area contributed by atoms with Gasteiger partial charge in [0.1, 0.15) is 0 Å². The van der Waals surface area contributed by atoms with Gasteiger partial charge < -0.3 is 5.32 Å². The number of nitrogens with zero attached hydrogens (tertiary/aromatic N) is 1. The SMILES string of the molecule is CNC1c2ccccc2CC1N1CCCCC1C. The Morgan fingerprint density at radius 1 is 1.22 bits per heavy atom. The van der Waals surface area contributed by atoms with Crippen LogP contribution >= 0.6 is 0 Å². The fraction of sp³-hybridized carbons (Fsp3) is 0.625. The van der Waals surface area contributed by atoms with Gasteiger partial charge >= 0.3 is 0 Å². The molecule has 0 radical (unpaired) electrons. The lowest BCUT2D eigenvalue weighted by Crippen LogP contribution is -2.49. The zero-order valence-corrected chi connectivity index (χ0v) is 11.5. The van der Waals surface area contributed by atoms with Crippen LogP contribution in [0.3, 0.4) is 0 Å². The first-order valence-corrected chi connectivity index (χ1v) is 7.32. The summed E-state index contributed by atoms with van der Waals surface area (Å²) in [4.78, 5) is 2.74. The lowest BCUT2D eigenvalue weighted by molar-refractivity contribution is 0.0895. The van der Waals surface area contributed by atoms with Crippen molar-refractivity contribution in [3.63, 3.8) is 0 Å². The van der Waals surface area contributed by atoms with Gasteiger partial charge in [-0.3, -0.25) is 4.90 Å². The minimum Gasteiger partial charge on any atom is -0.312 e. The number of hydrogen-bond donors (Lipinski definition) is 1. The predicted octanol–water partition coefficient (Wildman–Crippen LogP) is 2.75. The normalized spacial score (nSPS) is 32.4. The number of likely N-dealkylation sites (tertiary alicyclic amines) is 1. The monoisotopic (exact) mass is 244 g/mol. The number of fused-ring (bicyclic) bond motifs is 1. The van der Waals surface area contributed by atoms with Crippen LogP contribution in [0.15, 0.2) is 24.3 Å². The second kappa shape index (κ2) is 5.02. The van der Waals surface area contributed by atoms with E-state index in [9.17, 15) is 0 Å². The summed E-state index contributed by atoms with van der Waals surface area (Å²) >= 11 is 0. The summed E-state index contributed by atoms with van der Waals surface area (Å²) in [5, 5.41) is 3.55. The topological polar surface area (TPSA) is 15.3 Å². The molecular formula is C16H24N2. The van der Waals surface area contributed by atoms with Crippen molar-refractivity contribution >= 4 is 0 Å². The van der Waals surface area contributed by atoms with E-state index in [0.717, 1.165) is 6.04 Å². The van der Waals surface area contributed by atoms with Crippen molar-refractivity contribution in [2.45, 2.75) is 50.7 Å². The maximum Gasteiger partial charge on any atom is 0.0481 e. The third-order valence-electron chi connectivity index (χ3n) is 4.80. The molecule has 2 heteroatoms. The molecule has 1 aromatic carbocycles. The largest absolute Gasteiger partial charge is 0.312 e. The van der Waals surface area contributed by atoms with Crippen molar-refractivity contribution in [1.29, 1.82) is 0 Å². The highest BCUT2D eigenvalue weighted by molar-refractivity contribution is 5.37. The summed E-state index contributed by atoms with van der Waals surface area (Å²) in [6.45, 7) is 3.67. The van der Waals surface area contributed by atoms with Gasteiger partial charge in [-0.15, -0.1) is 0 Å². The second-order valence-corrected chi connectivity index (χ2v) is 5.82. The molecule has 3 atom stereocenters. The number of rotatable bonds is 2. The fourth-order valence-corrected chi connectivity index (χ4v) is 3.84. The number of likely N-dealkylation sites (N-methyl/N-ethyl adjacent to an activating group) is 1. The van der Waals surface area contributed by atoms with Crippen LogP contribution in [0.2, 0.25) is 0 Å². The average Bonchev–Trinajstić information content (AvgIpc) is 2.77. The summed E-state index contributed by atoms with van der Waals surface area (Å²) in [5.74, 6) is 0. The van der Waals surface area contributed by atoms with Crippen molar-refractivity contribution in [2.24, 2.45) is 0 Å². The maximum absolute atomic E-state index is 3.55. The van der Waals surface area contributed by atoms with Crippen LogP contribution in [-0.2, 0) is 6.42 Å². The zero-order valence-electron chi connectivity index (χ0n) is 11.5. The van der Waals surface area contributed by atoms with Gasteiger partial charge in [-0.05, 0) is 50.9 Å².